The molecular weight excluding hydrogens is 288 g/mol. The molecule has 1 heterocycles. The molecule has 1 aliphatic rings. The summed E-state index contributed by atoms with van der Waals surface area (Å²) in [5.41, 5.74) is 0.418. The number of hydrogen-bond acceptors (Lipinski definition) is 3. The summed E-state index contributed by atoms with van der Waals surface area (Å²) in [5.74, 6) is 0. The van der Waals surface area contributed by atoms with E-state index in [1.165, 1.54) is 18.2 Å². The third kappa shape index (κ3) is 2.51. The van der Waals surface area contributed by atoms with Crippen molar-refractivity contribution in [3.8, 4) is 0 Å². The Kier molecular flexibility index (Phi) is 3.65. The topological polar surface area (TPSA) is 62.0 Å². The molecule has 19 heavy (non-hydrogen) atoms. The Morgan fingerprint density at radius 2 is 2.21 bits per heavy atom. The van der Waals surface area contributed by atoms with Gasteiger partial charge < -0.3 is 5.11 Å². The Morgan fingerprint density at radius 3 is 2.74 bits per heavy atom. The Balaban J connectivity index is 2.47. The van der Waals surface area contributed by atoms with Gasteiger partial charge in [0.15, 0.2) is 0 Å². The van der Waals surface area contributed by atoms with E-state index in [0.717, 1.165) is 4.31 Å². The van der Waals surface area contributed by atoms with Crippen molar-refractivity contribution in [2.24, 2.45) is 0 Å². The summed E-state index contributed by atoms with van der Waals surface area (Å²) in [7, 11) is -3.82. The van der Waals surface area contributed by atoms with Crippen molar-refractivity contribution in [2.45, 2.75) is 11.0 Å². The second-order valence-electron chi connectivity index (χ2n) is 4.20. The van der Waals surface area contributed by atoms with E-state index in [-0.39, 0.29) is 23.7 Å². The van der Waals surface area contributed by atoms with Crippen molar-refractivity contribution in [2.75, 3.05) is 13.1 Å². The monoisotopic (exact) mass is 298 g/mol. The molecule has 5 nitrogen and oxygen atoms in total. The maximum Gasteiger partial charge on any atom is 0.233 e. The van der Waals surface area contributed by atoms with Gasteiger partial charge in [-0.1, -0.05) is 24.2 Å². The van der Waals surface area contributed by atoms with Crippen molar-refractivity contribution in [3.63, 3.8) is 0 Å². The smallest absolute Gasteiger partial charge is 0.233 e. The van der Waals surface area contributed by atoms with Crippen molar-refractivity contribution in [1.29, 1.82) is 0 Å². The van der Waals surface area contributed by atoms with Gasteiger partial charge in [0.25, 0.3) is 0 Å². The van der Waals surface area contributed by atoms with Crippen molar-refractivity contribution < 1.29 is 13.5 Å². The highest BCUT2D eigenvalue weighted by molar-refractivity contribution is 7.89. The van der Waals surface area contributed by atoms with E-state index in [4.69, 9.17) is 18.2 Å². The Morgan fingerprint density at radius 1 is 1.53 bits per heavy atom. The number of halogens is 1. The molecule has 0 spiro atoms. The van der Waals surface area contributed by atoms with Crippen LogP contribution in [0.2, 0.25) is 5.02 Å². The van der Waals surface area contributed by atoms with Crippen molar-refractivity contribution in [3.05, 3.63) is 46.8 Å². The number of hydrogen-bond donors (Lipinski definition) is 1. The highest BCUT2D eigenvalue weighted by Gasteiger charge is 2.35. The zero-order valence-corrected chi connectivity index (χ0v) is 11.4. The van der Waals surface area contributed by atoms with Crippen LogP contribution in [-0.2, 0) is 10.0 Å². The van der Waals surface area contributed by atoms with Gasteiger partial charge in [0, 0.05) is 18.1 Å². The lowest BCUT2D eigenvalue weighted by Crippen LogP contribution is -2.29. The van der Waals surface area contributed by atoms with E-state index in [1.807, 2.05) is 0 Å². The molecule has 1 atom stereocenters. The normalized spacial score (nSPS) is 20.5. The van der Waals surface area contributed by atoms with Crippen LogP contribution in [0.1, 0.15) is 0 Å². The predicted octanol–water partition coefficient (Wildman–Crippen LogP) is 1.81. The third-order valence-corrected chi connectivity index (χ3v) is 4.98. The lowest BCUT2D eigenvalue weighted by molar-refractivity contribution is 0.217. The molecule has 0 radical (unpaired) electrons. The first-order valence-corrected chi connectivity index (χ1v) is 7.21. The number of aliphatic hydroxyl groups excluding tert-OH is 1. The van der Waals surface area contributed by atoms with Crippen LogP contribution in [0.5, 0.6) is 0 Å². The van der Waals surface area contributed by atoms with Crippen LogP contribution in [0.15, 0.2) is 35.2 Å². The second kappa shape index (κ2) is 4.94. The zero-order chi connectivity index (χ0) is 14.2. The molecule has 0 aromatic heterocycles. The summed E-state index contributed by atoms with van der Waals surface area (Å²) in [6.07, 6.45) is -0.863. The molecule has 1 saturated heterocycles. The van der Waals surface area contributed by atoms with Crippen LogP contribution in [0.3, 0.4) is 0 Å². The van der Waals surface area contributed by atoms with Crippen LogP contribution in [0.25, 0.3) is 4.85 Å². The molecule has 1 aromatic carbocycles. The van der Waals surface area contributed by atoms with Crippen LogP contribution in [0.4, 0.5) is 5.69 Å². The molecule has 2 rings (SSSR count). The standard InChI is InChI=1S/C12H11ClN2O3S/c1-8-6-15(7-11(8)16)19(17,18)12-4-3-9(13)5-10(12)14-2/h3-5,11,16H,1,6-7H2/t11-/m1/s1. The summed E-state index contributed by atoms with van der Waals surface area (Å²) in [6.45, 7) is 10.7. The third-order valence-electron chi connectivity index (χ3n) is 2.89. The van der Waals surface area contributed by atoms with E-state index >= 15 is 0 Å². The largest absolute Gasteiger partial charge is 0.387 e. The van der Waals surface area contributed by atoms with Crippen LogP contribution in [0, 0.1) is 6.57 Å². The maximum atomic E-state index is 12.4. The molecule has 1 aromatic rings. The van der Waals surface area contributed by atoms with E-state index in [9.17, 15) is 13.5 Å². The number of nitrogens with zero attached hydrogens (tertiary/aromatic N) is 2. The highest BCUT2D eigenvalue weighted by atomic mass is 35.5. The van der Waals surface area contributed by atoms with Crippen LogP contribution < -0.4 is 0 Å². The van der Waals surface area contributed by atoms with E-state index in [2.05, 4.69) is 11.4 Å². The van der Waals surface area contributed by atoms with E-state index in [0.29, 0.717) is 10.6 Å². The molecule has 0 unspecified atom stereocenters. The van der Waals surface area contributed by atoms with Crippen LogP contribution in [-0.4, -0.2) is 37.0 Å². The molecule has 1 N–H and O–H groups in total. The Hall–Kier alpha value is -1.39. The average Bonchev–Trinajstić information content (AvgIpc) is 2.70. The summed E-state index contributed by atoms with van der Waals surface area (Å²) < 4.78 is 25.9. The second-order valence-corrected chi connectivity index (χ2v) is 6.54. The lowest BCUT2D eigenvalue weighted by atomic mass is 10.2. The first-order chi connectivity index (χ1) is 8.86. The first-order valence-electron chi connectivity index (χ1n) is 5.39. The van der Waals surface area contributed by atoms with E-state index < -0.39 is 16.1 Å². The number of benzene rings is 1. The van der Waals surface area contributed by atoms with Gasteiger partial charge in [-0.05, 0) is 17.7 Å². The van der Waals surface area contributed by atoms with Crippen molar-refractivity contribution in [1.82, 2.24) is 4.31 Å². The molecule has 0 saturated carbocycles. The summed E-state index contributed by atoms with van der Waals surface area (Å²) in [4.78, 5) is 3.08. The minimum atomic E-state index is -3.82. The fourth-order valence-corrected chi connectivity index (χ4v) is 3.56. The van der Waals surface area contributed by atoms with Crippen LogP contribution >= 0.6 is 11.6 Å². The van der Waals surface area contributed by atoms with Crippen molar-refractivity contribution >= 4 is 27.3 Å². The number of sulfonamides is 1. The fraction of sp³-hybridized carbons (Fsp3) is 0.250. The fourth-order valence-electron chi connectivity index (χ4n) is 1.84. The summed E-state index contributed by atoms with van der Waals surface area (Å²) >= 11 is 5.75. The number of β-amino-alcohol motifs (C(OH)–C–C–N with tert-alkyl or cyclic N) is 1. The molecule has 0 aliphatic carbocycles. The lowest BCUT2D eigenvalue weighted by Gasteiger charge is -2.16. The Bertz CT molecular complexity index is 679. The summed E-state index contributed by atoms with van der Waals surface area (Å²) in [6, 6.07) is 4.03. The Labute approximate surface area is 116 Å². The van der Waals surface area contributed by atoms with Gasteiger partial charge in [-0.3, -0.25) is 0 Å². The molecule has 0 bridgehead atoms. The van der Waals surface area contributed by atoms with E-state index in [1.54, 1.807) is 0 Å². The molecule has 0 amide bonds. The minimum absolute atomic E-state index is 0.0282. The first kappa shape index (κ1) is 14.0. The van der Waals surface area contributed by atoms with Gasteiger partial charge in [0.2, 0.25) is 15.7 Å². The average molecular weight is 299 g/mol. The maximum absolute atomic E-state index is 12.4. The molecule has 1 fully saturated rings. The van der Waals surface area contributed by atoms with Gasteiger partial charge in [0.05, 0.1) is 17.6 Å². The predicted molar refractivity (Wildman–Crippen MR) is 71.6 cm³/mol. The molecule has 7 heteroatoms. The minimum Gasteiger partial charge on any atom is -0.387 e. The number of rotatable bonds is 2. The van der Waals surface area contributed by atoms with Gasteiger partial charge in [-0.15, -0.1) is 0 Å². The van der Waals surface area contributed by atoms with Gasteiger partial charge >= 0.3 is 0 Å². The van der Waals surface area contributed by atoms with Gasteiger partial charge in [-0.25, -0.2) is 13.3 Å². The highest BCUT2D eigenvalue weighted by Crippen LogP contribution is 2.32. The van der Waals surface area contributed by atoms with Gasteiger partial charge in [0.1, 0.15) is 0 Å². The zero-order valence-electron chi connectivity index (χ0n) is 9.88. The quantitative estimate of drug-likeness (QED) is 0.669. The SMILES string of the molecule is [C-]#[N+]c1cc(Cl)ccc1S(=O)(=O)N1CC(=C)[C@H](O)C1. The molecule has 1 aliphatic heterocycles. The van der Waals surface area contributed by atoms with Gasteiger partial charge in [-0.2, -0.15) is 4.31 Å². The molecular formula is C12H11ClN2O3S. The number of aliphatic hydroxyl groups is 1. The molecule has 100 valence electrons. The summed E-state index contributed by atoms with van der Waals surface area (Å²) in [5, 5.41) is 9.86.